The van der Waals surface area contributed by atoms with Crippen molar-refractivity contribution in [2.75, 3.05) is 0 Å². The van der Waals surface area contributed by atoms with Crippen LogP contribution in [-0.2, 0) is 14.8 Å². The van der Waals surface area contributed by atoms with Gasteiger partial charge >= 0.3 is 5.97 Å². The molecule has 6 heteroatoms. The predicted molar refractivity (Wildman–Crippen MR) is 126 cm³/mol. The Balaban J connectivity index is 1.44. The summed E-state index contributed by atoms with van der Waals surface area (Å²) in [6.07, 6.45) is 9.91. The van der Waals surface area contributed by atoms with Crippen LogP contribution in [0.2, 0.25) is 0 Å². The number of benzene rings is 2. The summed E-state index contributed by atoms with van der Waals surface area (Å²) >= 11 is 0. The fourth-order valence-electron chi connectivity index (χ4n) is 5.40. The standard InChI is InChI=1S/C26H31NO4S/c28-25(29)14-7-2-1-6-13-24-21-15-16-22(17-21)26(24)27-32(30,31)23-12-8-11-20(18-23)19-9-4-3-5-10-19/h1,3-6,8-12,18,21-22,24,26-27H,2,7,13-17H2,(H,28,29)/b6-1-/t21-,22+,24+,26+/m0/s1. The molecule has 5 nitrogen and oxygen atoms in total. The van der Waals surface area contributed by atoms with E-state index >= 15 is 0 Å². The van der Waals surface area contributed by atoms with Gasteiger partial charge in [-0.1, -0.05) is 54.6 Å². The first-order valence-electron chi connectivity index (χ1n) is 11.5. The van der Waals surface area contributed by atoms with Crippen LogP contribution in [0.1, 0.15) is 44.9 Å². The Morgan fingerprint density at radius 2 is 1.75 bits per heavy atom. The number of aliphatic carboxylic acids is 1. The van der Waals surface area contributed by atoms with Crippen LogP contribution in [0.15, 0.2) is 71.6 Å². The van der Waals surface area contributed by atoms with E-state index in [4.69, 9.17) is 5.11 Å². The molecule has 0 heterocycles. The first-order chi connectivity index (χ1) is 15.4. The summed E-state index contributed by atoms with van der Waals surface area (Å²) < 4.78 is 29.6. The lowest BCUT2D eigenvalue weighted by Crippen LogP contribution is -2.43. The molecule has 2 fully saturated rings. The number of rotatable bonds is 10. The fourth-order valence-corrected chi connectivity index (χ4v) is 6.80. The van der Waals surface area contributed by atoms with E-state index in [1.54, 1.807) is 18.2 Å². The van der Waals surface area contributed by atoms with Gasteiger partial charge in [0.1, 0.15) is 0 Å². The average molecular weight is 454 g/mol. The average Bonchev–Trinajstić information content (AvgIpc) is 3.39. The van der Waals surface area contributed by atoms with Crippen LogP contribution in [0.5, 0.6) is 0 Å². The monoisotopic (exact) mass is 453 g/mol. The summed E-state index contributed by atoms with van der Waals surface area (Å²) in [5.74, 6) is 0.498. The zero-order valence-corrected chi connectivity index (χ0v) is 19.0. The third-order valence-electron chi connectivity index (χ3n) is 6.97. The van der Waals surface area contributed by atoms with Crippen LogP contribution in [0.25, 0.3) is 11.1 Å². The van der Waals surface area contributed by atoms with Gasteiger partial charge in [0.25, 0.3) is 0 Å². The smallest absolute Gasteiger partial charge is 0.303 e. The highest BCUT2D eigenvalue weighted by Gasteiger charge is 2.48. The summed E-state index contributed by atoms with van der Waals surface area (Å²) in [6.45, 7) is 0. The molecule has 2 aromatic carbocycles. The Morgan fingerprint density at radius 1 is 1.00 bits per heavy atom. The number of carbonyl (C=O) groups is 1. The normalized spacial score (nSPS) is 24.9. The summed E-state index contributed by atoms with van der Waals surface area (Å²) in [6, 6.07) is 16.9. The number of carboxylic acids is 1. The van der Waals surface area contributed by atoms with Crippen LogP contribution < -0.4 is 4.72 Å². The number of hydrogen-bond donors (Lipinski definition) is 2. The minimum absolute atomic E-state index is 0.0391. The zero-order chi connectivity index (χ0) is 22.6. The number of unbranched alkanes of at least 4 members (excludes halogenated alkanes) is 1. The third kappa shape index (κ3) is 5.30. The van der Waals surface area contributed by atoms with Gasteiger partial charge in [-0.05, 0) is 79.5 Å². The lowest BCUT2D eigenvalue weighted by atomic mass is 9.83. The van der Waals surface area contributed by atoms with Crippen LogP contribution in [-0.4, -0.2) is 25.5 Å². The van der Waals surface area contributed by atoms with Gasteiger partial charge in [0.05, 0.1) is 4.90 Å². The van der Waals surface area contributed by atoms with Crippen LogP contribution in [0, 0.1) is 17.8 Å². The molecule has 0 radical (unpaired) electrons. The Labute approximate surface area is 190 Å². The van der Waals surface area contributed by atoms with Crippen molar-refractivity contribution in [2.45, 2.75) is 55.9 Å². The van der Waals surface area contributed by atoms with Crippen LogP contribution in [0.4, 0.5) is 0 Å². The third-order valence-corrected chi connectivity index (χ3v) is 8.42. The maximum atomic E-state index is 13.3. The van der Waals surface area contributed by atoms with Gasteiger partial charge in [0.15, 0.2) is 0 Å². The number of hydrogen-bond acceptors (Lipinski definition) is 3. The van der Waals surface area contributed by atoms with Crippen LogP contribution in [0.3, 0.4) is 0 Å². The highest BCUT2D eigenvalue weighted by Crippen LogP contribution is 2.50. The first kappa shape index (κ1) is 22.7. The Bertz CT molecular complexity index is 1060. The number of fused-ring (bicyclic) bond motifs is 2. The van der Waals surface area contributed by atoms with Crippen molar-refractivity contribution in [1.82, 2.24) is 4.72 Å². The van der Waals surface area contributed by atoms with Crippen LogP contribution >= 0.6 is 0 Å². The molecule has 2 aromatic rings. The summed E-state index contributed by atoms with van der Waals surface area (Å²) in [7, 11) is -3.62. The molecule has 0 aromatic heterocycles. The summed E-state index contributed by atoms with van der Waals surface area (Å²) in [4.78, 5) is 10.9. The first-order valence-corrected chi connectivity index (χ1v) is 13.0. The molecule has 170 valence electrons. The van der Waals surface area contributed by atoms with Gasteiger partial charge < -0.3 is 5.11 Å². The van der Waals surface area contributed by atoms with Crippen molar-refractivity contribution in [1.29, 1.82) is 0 Å². The molecule has 4 atom stereocenters. The highest BCUT2D eigenvalue weighted by atomic mass is 32.2. The van der Waals surface area contributed by atoms with E-state index in [2.05, 4.69) is 10.8 Å². The number of sulfonamides is 1. The van der Waals surface area contributed by atoms with E-state index in [1.807, 2.05) is 42.5 Å². The summed E-state index contributed by atoms with van der Waals surface area (Å²) in [5.41, 5.74) is 1.89. The molecule has 4 rings (SSSR count). The zero-order valence-electron chi connectivity index (χ0n) is 18.2. The van der Waals surface area contributed by atoms with Gasteiger partial charge in [0, 0.05) is 12.5 Å². The molecular weight excluding hydrogens is 422 g/mol. The fraction of sp³-hybridized carbons (Fsp3) is 0.423. The van der Waals surface area contributed by atoms with E-state index in [-0.39, 0.29) is 12.5 Å². The molecule has 0 unspecified atom stereocenters. The second kappa shape index (κ2) is 10.0. The minimum Gasteiger partial charge on any atom is -0.481 e. The molecule has 2 aliphatic rings. The highest BCUT2D eigenvalue weighted by molar-refractivity contribution is 7.89. The maximum Gasteiger partial charge on any atom is 0.303 e. The van der Waals surface area contributed by atoms with Crippen molar-refractivity contribution in [2.24, 2.45) is 17.8 Å². The number of allylic oxidation sites excluding steroid dienone is 2. The van der Waals surface area contributed by atoms with E-state index in [0.717, 1.165) is 36.8 Å². The van der Waals surface area contributed by atoms with E-state index in [1.165, 1.54) is 6.42 Å². The second-order valence-electron chi connectivity index (χ2n) is 9.03. The van der Waals surface area contributed by atoms with Crippen molar-refractivity contribution < 1.29 is 18.3 Å². The van der Waals surface area contributed by atoms with Crippen molar-refractivity contribution in [3.63, 3.8) is 0 Å². The van der Waals surface area contributed by atoms with Gasteiger partial charge in [-0.2, -0.15) is 0 Å². The van der Waals surface area contributed by atoms with Gasteiger partial charge in [0.2, 0.25) is 10.0 Å². The number of nitrogens with one attached hydrogen (secondary N) is 1. The Hall–Kier alpha value is -2.44. The predicted octanol–water partition coefficient (Wildman–Crippen LogP) is 5.25. The molecule has 2 aliphatic carbocycles. The molecule has 2 bridgehead atoms. The molecule has 0 saturated heterocycles. The van der Waals surface area contributed by atoms with E-state index < -0.39 is 16.0 Å². The largest absolute Gasteiger partial charge is 0.481 e. The van der Waals surface area contributed by atoms with E-state index in [0.29, 0.717) is 29.1 Å². The van der Waals surface area contributed by atoms with Gasteiger partial charge in [-0.25, -0.2) is 13.1 Å². The van der Waals surface area contributed by atoms with Gasteiger partial charge in [-0.15, -0.1) is 0 Å². The molecular formula is C26H31NO4S. The van der Waals surface area contributed by atoms with E-state index in [9.17, 15) is 13.2 Å². The number of carboxylic acid groups (broad SMARTS) is 1. The van der Waals surface area contributed by atoms with Crippen molar-refractivity contribution in [3.8, 4) is 11.1 Å². The lowest BCUT2D eigenvalue weighted by molar-refractivity contribution is -0.137. The molecule has 2 N–H and O–H groups in total. The molecule has 2 saturated carbocycles. The van der Waals surface area contributed by atoms with Gasteiger partial charge in [-0.3, -0.25) is 4.79 Å². The lowest BCUT2D eigenvalue weighted by Gasteiger charge is -2.31. The minimum atomic E-state index is -3.62. The topological polar surface area (TPSA) is 83.5 Å². The molecule has 0 amide bonds. The molecule has 0 aliphatic heterocycles. The quantitative estimate of drug-likeness (QED) is 0.380. The molecule has 0 spiro atoms. The second-order valence-corrected chi connectivity index (χ2v) is 10.7. The maximum absolute atomic E-state index is 13.3. The Kier molecular flexibility index (Phi) is 7.11. The Morgan fingerprint density at radius 3 is 2.53 bits per heavy atom. The van der Waals surface area contributed by atoms with Crippen molar-refractivity contribution in [3.05, 3.63) is 66.7 Å². The SMILES string of the molecule is O=C(O)CCC/C=C\C[C@@H]1[C@H]2CC[C@H](C2)[C@H]1NS(=O)(=O)c1cccc(-c2ccccc2)c1. The van der Waals surface area contributed by atoms with Crippen molar-refractivity contribution >= 4 is 16.0 Å². The summed E-state index contributed by atoms with van der Waals surface area (Å²) in [5, 5.41) is 8.74. The molecule has 32 heavy (non-hydrogen) atoms.